The Kier molecular flexibility index (Phi) is 13.2. The highest BCUT2D eigenvalue weighted by Gasteiger charge is 2.44. The molecule has 0 spiro atoms. The van der Waals surface area contributed by atoms with Crippen molar-refractivity contribution < 1.29 is 42.2 Å². The van der Waals surface area contributed by atoms with Crippen LogP contribution in [0.3, 0.4) is 0 Å². The van der Waals surface area contributed by atoms with E-state index >= 15 is 0 Å². The first-order valence-corrected chi connectivity index (χ1v) is 18.9. The van der Waals surface area contributed by atoms with Gasteiger partial charge in [0, 0.05) is 36.8 Å². The van der Waals surface area contributed by atoms with Crippen molar-refractivity contribution in [1.82, 2.24) is 20.9 Å². The summed E-state index contributed by atoms with van der Waals surface area (Å²) < 4.78 is 36.3. The number of fused-ring (bicyclic) bond motifs is 1. The van der Waals surface area contributed by atoms with Crippen molar-refractivity contribution in [3.8, 4) is 5.75 Å². The molecule has 0 saturated carbocycles. The van der Waals surface area contributed by atoms with Crippen LogP contribution in [-0.2, 0) is 40.2 Å². The lowest BCUT2D eigenvalue weighted by atomic mass is 9.99. The minimum absolute atomic E-state index is 0.0230. The minimum atomic E-state index is -3.81. The fraction of sp³-hybridized carbons (Fsp3) is 0.459. The van der Waals surface area contributed by atoms with E-state index in [0.717, 1.165) is 17.0 Å². The van der Waals surface area contributed by atoms with Crippen LogP contribution in [-0.4, -0.2) is 110 Å². The smallest absolute Gasteiger partial charge is 0.258 e. The number of benzene rings is 3. The van der Waals surface area contributed by atoms with Crippen LogP contribution < -0.4 is 20.7 Å². The summed E-state index contributed by atoms with van der Waals surface area (Å²) in [4.78, 5) is 55.4. The highest BCUT2D eigenvalue weighted by atomic mass is 32.2. The fourth-order valence-electron chi connectivity index (χ4n) is 6.02. The monoisotopic (exact) mass is 724 g/mol. The number of carbonyl (C=O) groups excluding carboxylic acids is 4. The molecule has 1 saturated heterocycles. The molecule has 4 N–H and O–H groups in total. The zero-order chi connectivity index (χ0) is 37.3. The zero-order valence-corrected chi connectivity index (χ0v) is 30.4. The first-order chi connectivity index (χ1) is 24.0. The Hall–Kier alpha value is -4.53. The number of likely N-dealkylation sites (tertiary alicyclic amines) is 1. The molecule has 3 aromatic rings. The molecular formula is C37H48N4O9S. The quantitative estimate of drug-likeness (QED) is 0.182. The Morgan fingerprint density at radius 3 is 2.29 bits per heavy atom. The van der Waals surface area contributed by atoms with Gasteiger partial charge in [-0.2, -0.15) is 0 Å². The highest BCUT2D eigenvalue weighted by Crippen LogP contribution is 2.26. The van der Waals surface area contributed by atoms with Crippen molar-refractivity contribution in [2.75, 3.05) is 31.8 Å². The summed E-state index contributed by atoms with van der Waals surface area (Å²) in [6.45, 7) is 7.13. The van der Waals surface area contributed by atoms with Crippen LogP contribution in [0.5, 0.6) is 5.75 Å². The van der Waals surface area contributed by atoms with Gasteiger partial charge in [-0.25, -0.2) is 8.42 Å². The van der Waals surface area contributed by atoms with Crippen molar-refractivity contribution in [2.24, 2.45) is 0 Å². The average Bonchev–Trinajstić information content (AvgIpc) is 3.49. The van der Waals surface area contributed by atoms with E-state index in [-0.39, 0.29) is 19.4 Å². The zero-order valence-electron chi connectivity index (χ0n) is 29.6. The molecule has 4 amide bonds. The Balaban J connectivity index is 1.55. The van der Waals surface area contributed by atoms with Gasteiger partial charge in [0.05, 0.1) is 17.9 Å². The van der Waals surface area contributed by atoms with E-state index in [4.69, 9.17) is 9.47 Å². The van der Waals surface area contributed by atoms with Crippen LogP contribution in [0.1, 0.15) is 39.7 Å². The second-order valence-corrected chi connectivity index (χ2v) is 16.0. The molecule has 0 radical (unpaired) electrons. The van der Waals surface area contributed by atoms with Gasteiger partial charge >= 0.3 is 0 Å². The maximum atomic E-state index is 14.0. The highest BCUT2D eigenvalue weighted by molar-refractivity contribution is 7.90. The van der Waals surface area contributed by atoms with Crippen molar-refractivity contribution in [1.29, 1.82) is 0 Å². The van der Waals surface area contributed by atoms with Crippen LogP contribution in [0.15, 0.2) is 72.8 Å². The van der Waals surface area contributed by atoms with E-state index in [1.807, 2.05) is 51.1 Å². The van der Waals surface area contributed by atoms with E-state index < -0.39 is 81.7 Å². The van der Waals surface area contributed by atoms with Gasteiger partial charge < -0.3 is 35.4 Å². The number of carbonyl (C=O) groups is 4. The number of nitrogens with zero attached hydrogens (tertiary/aromatic N) is 1. The molecule has 1 aliphatic heterocycles. The summed E-state index contributed by atoms with van der Waals surface area (Å²) in [5.74, 6) is -3.22. The SMILES string of the molecule is CCOC1C[C@@H](C(=O)NC(C)(C)C)N(C(=O)[C@@H](O)[C@H](Cc2ccccc2)NC(=O)[C@H](CS(C)(=O)=O)NC(=O)COc2cccc3ccccc23)C1. The molecular weight excluding hydrogens is 676 g/mol. The van der Waals surface area contributed by atoms with E-state index in [1.165, 1.54) is 4.90 Å². The minimum Gasteiger partial charge on any atom is -0.483 e. The van der Waals surface area contributed by atoms with Crippen molar-refractivity contribution in [2.45, 2.75) is 76.4 Å². The molecule has 3 aromatic carbocycles. The summed E-state index contributed by atoms with van der Waals surface area (Å²) in [6, 6.07) is 17.8. The number of nitrogens with one attached hydrogen (secondary N) is 3. The van der Waals surface area contributed by atoms with Gasteiger partial charge in [0.1, 0.15) is 27.7 Å². The fourth-order valence-corrected chi connectivity index (χ4v) is 6.86. The number of amides is 4. The second kappa shape index (κ2) is 17.1. The molecule has 0 aromatic heterocycles. The van der Waals surface area contributed by atoms with Crippen molar-refractivity contribution >= 4 is 44.2 Å². The molecule has 0 aliphatic carbocycles. The Morgan fingerprint density at radius 2 is 1.63 bits per heavy atom. The first kappa shape index (κ1) is 39.3. The van der Waals surface area contributed by atoms with Crippen LogP contribution in [0.4, 0.5) is 0 Å². The molecule has 13 nitrogen and oxygen atoms in total. The molecule has 51 heavy (non-hydrogen) atoms. The molecule has 1 heterocycles. The second-order valence-electron chi connectivity index (χ2n) is 13.8. The number of hydrogen-bond donors (Lipinski definition) is 4. The van der Waals surface area contributed by atoms with Gasteiger partial charge in [0.15, 0.2) is 12.7 Å². The third-order valence-corrected chi connectivity index (χ3v) is 9.18. The number of hydrogen-bond acceptors (Lipinski definition) is 9. The number of ether oxygens (including phenoxy) is 2. The van der Waals surface area contributed by atoms with E-state index in [1.54, 1.807) is 49.4 Å². The topological polar surface area (TPSA) is 180 Å². The van der Waals surface area contributed by atoms with Gasteiger partial charge in [-0.3, -0.25) is 19.2 Å². The predicted molar refractivity (Wildman–Crippen MR) is 193 cm³/mol. The predicted octanol–water partition coefficient (Wildman–Crippen LogP) is 1.76. The van der Waals surface area contributed by atoms with Crippen molar-refractivity contribution in [3.05, 3.63) is 78.4 Å². The van der Waals surface area contributed by atoms with E-state index in [0.29, 0.717) is 17.9 Å². The van der Waals surface area contributed by atoms with Gasteiger partial charge in [-0.05, 0) is 51.1 Å². The number of aliphatic hydroxyl groups is 1. The van der Waals surface area contributed by atoms with Crippen LogP contribution in [0.25, 0.3) is 10.8 Å². The summed E-state index contributed by atoms with van der Waals surface area (Å²) in [7, 11) is -3.81. The Bertz CT molecular complexity index is 1790. The van der Waals surface area contributed by atoms with Gasteiger partial charge in [-0.1, -0.05) is 66.7 Å². The largest absolute Gasteiger partial charge is 0.483 e. The lowest BCUT2D eigenvalue weighted by Gasteiger charge is -2.32. The molecule has 1 fully saturated rings. The maximum absolute atomic E-state index is 14.0. The van der Waals surface area contributed by atoms with Crippen LogP contribution >= 0.6 is 0 Å². The molecule has 4 rings (SSSR count). The molecule has 1 unspecified atom stereocenters. The molecule has 0 bridgehead atoms. The van der Waals surface area contributed by atoms with E-state index in [9.17, 15) is 32.7 Å². The molecule has 5 atom stereocenters. The van der Waals surface area contributed by atoms with Crippen molar-refractivity contribution in [3.63, 3.8) is 0 Å². The molecule has 1 aliphatic rings. The number of sulfone groups is 1. The normalized spacial score (nSPS) is 18.0. The standard InChI is InChI=1S/C37H48N4O9S/c1-6-49-26-20-30(35(45)40-37(2,3)4)41(21-26)36(46)33(43)28(19-24-13-8-7-9-14-24)39-34(44)29(23-51(5,47)48)38-32(42)22-50-31-18-12-16-25-15-10-11-17-27(25)31/h7-18,26,28-30,33,43H,6,19-23H2,1-5H3,(H,38,42)(H,39,44)(H,40,45)/t26?,28-,29-,30-,33-/m0/s1. The molecule has 14 heteroatoms. The summed E-state index contributed by atoms with van der Waals surface area (Å²) >= 11 is 0. The van der Waals surface area contributed by atoms with Gasteiger partial charge in [-0.15, -0.1) is 0 Å². The summed E-state index contributed by atoms with van der Waals surface area (Å²) in [6.07, 6.45) is -1.17. The third-order valence-electron chi connectivity index (χ3n) is 8.24. The number of rotatable bonds is 15. The first-order valence-electron chi connectivity index (χ1n) is 16.9. The summed E-state index contributed by atoms with van der Waals surface area (Å²) in [5, 5.41) is 21.2. The third kappa shape index (κ3) is 11.5. The lowest BCUT2D eigenvalue weighted by molar-refractivity contribution is -0.147. The van der Waals surface area contributed by atoms with E-state index in [2.05, 4.69) is 16.0 Å². The van der Waals surface area contributed by atoms with Crippen LogP contribution in [0, 0.1) is 0 Å². The van der Waals surface area contributed by atoms with Crippen LogP contribution in [0.2, 0.25) is 0 Å². The lowest BCUT2D eigenvalue weighted by Crippen LogP contribution is -2.60. The van der Waals surface area contributed by atoms with Gasteiger partial charge in [0.25, 0.3) is 11.8 Å². The Labute approximate surface area is 299 Å². The maximum Gasteiger partial charge on any atom is 0.258 e. The number of aliphatic hydroxyl groups excluding tert-OH is 1. The Morgan fingerprint density at radius 1 is 0.961 bits per heavy atom. The molecule has 276 valence electrons. The van der Waals surface area contributed by atoms with Gasteiger partial charge in [0.2, 0.25) is 11.8 Å². The summed E-state index contributed by atoms with van der Waals surface area (Å²) in [5.41, 5.74) is 0.0779. The average molecular weight is 725 g/mol.